The van der Waals surface area contributed by atoms with Crippen LogP contribution in [0.15, 0.2) is 24.4 Å². The number of hydrogen-bond acceptors (Lipinski definition) is 3. The standard InChI is InChI=1S/C10H13NO2/c1-2-6-11-10(5-1)13-8-9-4-3-7-12-9/h1-2,5-6,9H,3-4,7-8H2. The van der Waals surface area contributed by atoms with Crippen molar-refractivity contribution in [1.29, 1.82) is 0 Å². The van der Waals surface area contributed by atoms with Gasteiger partial charge in [-0.15, -0.1) is 0 Å². The second-order valence-corrected chi connectivity index (χ2v) is 3.11. The summed E-state index contributed by atoms with van der Waals surface area (Å²) in [6.07, 6.45) is 4.25. The van der Waals surface area contributed by atoms with E-state index in [1.54, 1.807) is 6.20 Å². The predicted octanol–water partition coefficient (Wildman–Crippen LogP) is 1.64. The molecule has 0 radical (unpaired) electrons. The van der Waals surface area contributed by atoms with Crippen molar-refractivity contribution < 1.29 is 9.47 Å². The molecule has 3 heteroatoms. The SMILES string of the molecule is c1ccc(OCC2CCCO2)nc1. The third-order valence-electron chi connectivity index (χ3n) is 2.08. The van der Waals surface area contributed by atoms with Gasteiger partial charge in [0.2, 0.25) is 5.88 Å². The average molecular weight is 179 g/mol. The van der Waals surface area contributed by atoms with E-state index in [9.17, 15) is 0 Å². The van der Waals surface area contributed by atoms with Crippen LogP contribution in [0.3, 0.4) is 0 Å². The average Bonchev–Trinajstić information content (AvgIpc) is 2.69. The van der Waals surface area contributed by atoms with E-state index in [0.717, 1.165) is 19.4 Å². The van der Waals surface area contributed by atoms with Crippen LogP contribution in [-0.4, -0.2) is 24.3 Å². The summed E-state index contributed by atoms with van der Waals surface area (Å²) in [5.41, 5.74) is 0. The Kier molecular flexibility index (Phi) is 2.77. The first kappa shape index (κ1) is 8.51. The van der Waals surface area contributed by atoms with E-state index < -0.39 is 0 Å². The summed E-state index contributed by atoms with van der Waals surface area (Å²) in [7, 11) is 0. The summed E-state index contributed by atoms with van der Waals surface area (Å²) in [6.45, 7) is 1.49. The molecule has 3 nitrogen and oxygen atoms in total. The van der Waals surface area contributed by atoms with Gasteiger partial charge in [-0.2, -0.15) is 0 Å². The quantitative estimate of drug-likeness (QED) is 0.706. The van der Waals surface area contributed by atoms with Gasteiger partial charge in [0.1, 0.15) is 6.61 Å². The van der Waals surface area contributed by atoms with E-state index in [2.05, 4.69) is 4.98 Å². The van der Waals surface area contributed by atoms with Gasteiger partial charge in [0.05, 0.1) is 6.10 Å². The molecule has 1 saturated heterocycles. The second-order valence-electron chi connectivity index (χ2n) is 3.11. The Labute approximate surface area is 77.7 Å². The molecular formula is C10H13NO2. The van der Waals surface area contributed by atoms with E-state index in [1.807, 2.05) is 18.2 Å². The normalized spacial score (nSPS) is 21.7. The van der Waals surface area contributed by atoms with E-state index in [4.69, 9.17) is 9.47 Å². The summed E-state index contributed by atoms with van der Waals surface area (Å²) in [5.74, 6) is 0.679. The van der Waals surface area contributed by atoms with Crippen molar-refractivity contribution in [3.63, 3.8) is 0 Å². The predicted molar refractivity (Wildman–Crippen MR) is 48.7 cm³/mol. The summed E-state index contributed by atoms with van der Waals surface area (Å²) < 4.78 is 10.9. The minimum absolute atomic E-state index is 0.266. The lowest BCUT2D eigenvalue weighted by Crippen LogP contribution is -2.16. The number of hydrogen-bond donors (Lipinski definition) is 0. The zero-order chi connectivity index (χ0) is 8.93. The van der Waals surface area contributed by atoms with Crippen molar-refractivity contribution in [3.05, 3.63) is 24.4 Å². The fourth-order valence-corrected chi connectivity index (χ4v) is 1.39. The molecule has 0 aromatic carbocycles. The summed E-state index contributed by atoms with van der Waals surface area (Å²) >= 11 is 0. The molecule has 2 rings (SSSR count). The van der Waals surface area contributed by atoms with Crippen molar-refractivity contribution in [2.24, 2.45) is 0 Å². The molecule has 0 saturated carbocycles. The summed E-state index contributed by atoms with van der Waals surface area (Å²) in [4.78, 5) is 4.06. The van der Waals surface area contributed by atoms with Gasteiger partial charge in [-0.05, 0) is 18.9 Å². The van der Waals surface area contributed by atoms with Crippen LogP contribution >= 0.6 is 0 Å². The lowest BCUT2D eigenvalue weighted by atomic mass is 10.2. The maximum atomic E-state index is 5.45. The number of pyridine rings is 1. The third kappa shape index (κ3) is 2.42. The highest BCUT2D eigenvalue weighted by Gasteiger charge is 2.15. The zero-order valence-electron chi connectivity index (χ0n) is 7.48. The van der Waals surface area contributed by atoms with Crippen LogP contribution in [0.25, 0.3) is 0 Å². The fourth-order valence-electron chi connectivity index (χ4n) is 1.39. The smallest absolute Gasteiger partial charge is 0.213 e. The molecular weight excluding hydrogens is 166 g/mol. The Balaban J connectivity index is 1.79. The lowest BCUT2D eigenvalue weighted by molar-refractivity contribution is 0.0663. The van der Waals surface area contributed by atoms with Crippen molar-refractivity contribution in [3.8, 4) is 5.88 Å². The summed E-state index contributed by atoms with van der Waals surface area (Å²) in [6, 6.07) is 5.64. The Morgan fingerprint density at radius 3 is 3.23 bits per heavy atom. The third-order valence-corrected chi connectivity index (χ3v) is 2.08. The first-order chi connectivity index (χ1) is 6.45. The number of aromatic nitrogens is 1. The Bertz CT molecular complexity index is 244. The molecule has 0 N–H and O–H groups in total. The molecule has 1 atom stereocenters. The van der Waals surface area contributed by atoms with E-state index in [-0.39, 0.29) is 6.10 Å². The molecule has 1 aliphatic heterocycles. The van der Waals surface area contributed by atoms with Gasteiger partial charge < -0.3 is 9.47 Å². The lowest BCUT2D eigenvalue weighted by Gasteiger charge is -2.09. The van der Waals surface area contributed by atoms with Gasteiger partial charge in [0, 0.05) is 18.9 Å². The van der Waals surface area contributed by atoms with Crippen LogP contribution in [0.2, 0.25) is 0 Å². The molecule has 1 aliphatic rings. The number of nitrogens with zero attached hydrogens (tertiary/aromatic N) is 1. The van der Waals surface area contributed by atoms with Crippen LogP contribution in [0, 0.1) is 0 Å². The van der Waals surface area contributed by atoms with Crippen molar-refractivity contribution in [2.45, 2.75) is 18.9 Å². The maximum Gasteiger partial charge on any atom is 0.213 e. The zero-order valence-corrected chi connectivity index (χ0v) is 7.48. The molecule has 1 fully saturated rings. The highest BCUT2D eigenvalue weighted by atomic mass is 16.5. The van der Waals surface area contributed by atoms with Crippen molar-refractivity contribution in [2.75, 3.05) is 13.2 Å². The van der Waals surface area contributed by atoms with Gasteiger partial charge >= 0.3 is 0 Å². The topological polar surface area (TPSA) is 31.4 Å². The Morgan fingerprint density at radius 2 is 2.54 bits per heavy atom. The molecule has 0 aliphatic carbocycles. The Morgan fingerprint density at radius 1 is 1.54 bits per heavy atom. The van der Waals surface area contributed by atoms with Gasteiger partial charge in [0.25, 0.3) is 0 Å². The van der Waals surface area contributed by atoms with Crippen LogP contribution in [0.1, 0.15) is 12.8 Å². The Hall–Kier alpha value is -1.09. The maximum absolute atomic E-state index is 5.45. The van der Waals surface area contributed by atoms with E-state index in [0.29, 0.717) is 12.5 Å². The minimum atomic E-state index is 0.266. The second kappa shape index (κ2) is 4.23. The monoisotopic (exact) mass is 179 g/mol. The number of ether oxygens (including phenoxy) is 2. The molecule has 0 bridgehead atoms. The van der Waals surface area contributed by atoms with Crippen molar-refractivity contribution >= 4 is 0 Å². The van der Waals surface area contributed by atoms with Gasteiger partial charge in [-0.25, -0.2) is 4.98 Å². The first-order valence-electron chi connectivity index (χ1n) is 4.60. The molecule has 0 amide bonds. The molecule has 1 aromatic heterocycles. The highest BCUT2D eigenvalue weighted by Crippen LogP contribution is 2.13. The van der Waals surface area contributed by atoms with Gasteiger partial charge in [-0.1, -0.05) is 6.07 Å². The molecule has 70 valence electrons. The molecule has 0 spiro atoms. The van der Waals surface area contributed by atoms with E-state index >= 15 is 0 Å². The van der Waals surface area contributed by atoms with Crippen LogP contribution in [0.4, 0.5) is 0 Å². The highest BCUT2D eigenvalue weighted by molar-refractivity contribution is 5.09. The van der Waals surface area contributed by atoms with E-state index in [1.165, 1.54) is 0 Å². The first-order valence-corrected chi connectivity index (χ1v) is 4.60. The molecule has 1 unspecified atom stereocenters. The van der Waals surface area contributed by atoms with Crippen molar-refractivity contribution in [1.82, 2.24) is 4.98 Å². The van der Waals surface area contributed by atoms with Gasteiger partial charge in [0.15, 0.2) is 0 Å². The molecule has 2 heterocycles. The molecule has 1 aromatic rings. The largest absolute Gasteiger partial charge is 0.475 e. The van der Waals surface area contributed by atoms with Crippen LogP contribution in [-0.2, 0) is 4.74 Å². The summed E-state index contributed by atoms with van der Waals surface area (Å²) in [5, 5.41) is 0. The molecule has 13 heavy (non-hydrogen) atoms. The number of rotatable bonds is 3. The van der Waals surface area contributed by atoms with Crippen LogP contribution < -0.4 is 4.74 Å². The fraction of sp³-hybridized carbons (Fsp3) is 0.500. The van der Waals surface area contributed by atoms with Gasteiger partial charge in [-0.3, -0.25) is 0 Å². The minimum Gasteiger partial charge on any atom is -0.475 e. The van der Waals surface area contributed by atoms with Crippen LogP contribution in [0.5, 0.6) is 5.88 Å².